The monoisotopic (exact) mass is 654 g/mol. The number of ketones is 2. The van der Waals surface area contributed by atoms with Crippen molar-refractivity contribution in [3.05, 3.63) is 131 Å². The largest absolute Gasteiger partial charge is 1.00 e. The summed E-state index contributed by atoms with van der Waals surface area (Å²) in [6.45, 7) is 2.18. The molecule has 44 heavy (non-hydrogen) atoms. The van der Waals surface area contributed by atoms with Gasteiger partial charge in [-0.2, -0.15) is 4.57 Å². The maximum absolute atomic E-state index is 13.4. The van der Waals surface area contributed by atoms with Crippen molar-refractivity contribution in [2.45, 2.75) is 13.5 Å². The fourth-order valence-corrected chi connectivity index (χ4v) is 4.67. The number of hydrogen-bond acceptors (Lipinski definition) is 6. The maximum atomic E-state index is 13.4. The van der Waals surface area contributed by atoms with E-state index in [1.54, 1.807) is 86.3 Å². The van der Waals surface area contributed by atoms with Crippen LogP contribution in [0.4, 0.5) is 0 Å². The second kappa shape index (κ2) is 14.4. The fourth-order valence-electron chi connectivity index (χ4n) is 4.67. The molecule has 0 saturated carbocycles. The van der Waals surface area contributed by atoms with Crippen molar-refractivity contribution in [3.8, 4) is 11.5 Å². The Morgan fingerprint density at radius 2 is 1.36 bits per heavy atom. The van der Waals surface area contributed by atoms with E-state index in [-0.39, 0.29) is 41.7 Å². The smallest absolute Gasteiger partial charge is 0.340 e. The van der Waals surface area contributed by atoms with E-state index >= 15 is 0 Å². The number of rotatable bonds is 11. The van der Waals surface area contributed by atoms with Gasteiger partial charge in [0, 0.05) is 29.5 Å². The van der Waals surface area contributed by atoms with Gasteiger partial charge in [0.2, 0.25) is 18.1 Å². The lowest BCUT2D eigenvalue weighted by molar-refractivity contribution is -0.683. The molecule has 224 valence electrons. The number of esters is 1. The molecule has 3 heterocycles. The highest BCUT2D eigenvalue weighted by atomic mass is 79.9. The number of carbonyl (C=O) groups excluding carboxylic acids is 3. The highest BCUT2D eigenvalue weighted by Gasteiger charge is 2.22. The highest BCUT2D eigenvalue weighted by Crippen LogP contribution is 2.24. The third kappa shape index (κ3) is 7.12. The number of carbonyl (C=O) groups is 3. The summed E-state index contributed by atoms with van der Waals surface area (Å²) in [5.74, 6) is 0.636. The molecule has 2 aromatic carbocycles. The van der Waals surface area contributed by atoms with Crippen molar-refractivity contribution < 1.29 is 50.1 Å². The lowest BCUT2D eigenvalue weighted by Gasteiger charge is -2.05. The zero-order valence-electron chi connectivity index (χ0n) is 24.5. The van der Waals surface area contributed by atoms with Gasteiger partial charge in [-0.05, 0) is 84.8 Å². The van der Waals surface area contributed by atoms with Crippen LogP contribution < -0.4 is 31.0 Å². The highest BCUT2D eigenvalue weighted by molar-refractivity contribution is 6.11. The maximum Gasteiger partial charge on any atom is 0.340 e. The van der Waals surface area contributed by atoms with Gasteiger partial charge in [0.15, 0.2) is 12.4 Å². The minimum atomic E-state index is -0.494. The first-order chi connectivity index (χ1) is 20.9. The summed E-state index contributed by atoms with van der Waals surface area (Å²) in [5, 5.41) is 0. The minimum Gasteiger partial charge on any atom is -1.00 e. The lowest BCUT2D eigenvalue weighted by Crippen LogP contribution is -3.00. The number of halogens is 1. The third-order valence-corrected chi connectivity index (χ3v) is 7.00. The average molecular weight is 656 g/mol. The molecule has 5 aromatic rings. The summed E-state index contributed by atoms with van der Waals surface area (Å²) in [7, 11) is 3.15. The van der Waals surface area contributed by atoms with Gasteiger partial charge in [0.05, 0.1) is 37.6 Å². The number of hydrogen-bond donors (Lipinski definition) is 0. The first-order valence-corrected chi connectivity index (χ1v) is 13.8. The van der Waals surface area contributed by atoms with Gasteiger partial charge in [-0.15, -0.1) is 0 Å². The van der Waals surface area contributed by atoms with E-state index in [2.05, 4.69) is 0 Å². The molecule has 0 aliphatic rings. The molecular formula is C35H31BrN2O6. The second-order valence-electron chi connectivity index (χ2n) is 9.73. The van der Waals surface area contributed by atoms with Crippen LogP contribution in [0.5, 0.6) is 11.5 Å². The Morgan fingerprint density at radius 3 is 1.95 bits per heavy atom. The zero-order chi connectivity index (χ0) is 30.3. The van der Waals surface area contributed by atoms with Crippen molar-refractivity contribution in [1.82, 2.24) is 4.40 Å². The Hall–Kier alpha value is -5.02. The molecule has 3 aromatic heterocycles. The zero-order valence-corrected chi connectivity index (χ0v) is 26.1. The lowest BCUT2D eigenvalue weighted by atomic mass is 10.1. The van der Waals surface area contributed by atoms with E-state index in [0.29, 0.717) is 39.4 Å². The summed E-state index contributed by atoms with van der Waals surface area (Å²) in [5.41, 5.74) is 4.11. The molecule has 0 unspecified atom stereocenters. The molecular weight excluding hydrogens is 624 g/mol. The number of Topliss-reactive ketones (excluding diaryl/α,β-unsaturated/α-hetero) is 1. The molecule has 8 nitrogen and oxygen atoms in total. The Kier molecular flexibility index (Phi) is 10.5. The van der Waals surface area contributed by atoms with Crippen molar-refractivity contribution >= 4 is 35.2 Å². The van der Waals surface area contributed by atoms with Gasteiger partial charge in [0.25, 0.3) is 0 Å². The summed E-state index contributed by atoms with van der Waals surface area (Å²) in [4.78, 5) is 38.9. The van der Waals surface area contributed by atoms with Crippen molar-refractivity contribution in [2.75, 3.05) is 20.8 Å². The molecule has 0 amide bonds. The van der Waals surface area contributed by atoms with Crippen LogP contribution >= 0.6 is 0 Å². The van der Waals surface area contributed by atoms with E-state index in [1.807, 2.05) is 53.4 Å². The summed E-state index contributed by atoms with van der Waals surface area (Å²) in [6, 6.07) is 23.0. The van der Waals surface area contributed by atoms with Gasteiger partial charge in [-0.1, -0.05) is 12.2 Å². The van der Waals surface area contributed by atoms with Gasteiger partial charge in [-0.25, -0.2) is 4.79 Å². The third-order valence-electron chi connectivity index (χ3n) is 7.00. The topological polar surface area (TPSA) is 87.2 Å². The standard InChI is InChI=1S/C35H31N2O6.BrH/c1-4-43-35(40)30-22-32(34(39)27-9-13-29(42-3)14-10-27)37-20-17-25(21-31(30)37)6-5-24-15-18-36(19-16-24)23-33(38)26-7-11-28(41-2)12-8-26;/h5-22H,4,23H2,1-3H3;1H/q+1;/p-1. The molecule has 0 N–H and O–H groups in total. The van der Waals surface area contributed by atoms with Crippen LogP contribution in [0, 0.1) is 0 Å². The Morgan fingerprint density at radius 1 is 0.773 bits per heavy atom. The van der Waals surface area contributed by atoms with Crippen molar-refractivity contribution in [1.29, 1.82) is 0 Å². The average Bonchev–Trinajstić information content (AvgIpc) is 3.43. The number of ether oxygens (including phenoxy) is 3. The van der Waals surface area contributed by atoms with E-state index in [9.17, 15) is 14.4 Å². The van der Waals surface area contributed by atoms with E-state index in [0.717, 1.165) is 11.1 Å². The van der Waals surface area contributed by atoms with E-state index in [4.69, 9.17) is 14.2 Å². The van der Waals surface area contributed by atoms with Gasteiger partial charge in [-0.3, -0.25) is 9.59 Å². The number of benzene rings is 2. The number of pyridine rings is 2. The SMILES string of the molecule is CCOC(=O)c1cc(C(=O)c2ccc(OC)cc2)n2ccc(/C=C/c3cc[n+](CC(=O)c4ccc(OC)cc4)cc3)cc12.[Br-]. The van der Waals surface area contributed by atoms with E-state index < -0.39 is 5.97 Å². The summed E-state index contributed by atoms with van der Waals surface area (Å²) >= 11 is 0. The van der Waals surface area contributed by atoms with Crippen LogP contribution in [-0.4, -0.2) is 42.8 Å². The van der Waals surface area contributed by atoms with Crippen LogP contribution in [0.2, 0.25) is 0 Å². The van der Waals surface area contributed by atoms with Crippen LogP contribution in [0.3, 0.4) is 0 Å². The fraction of sp³-hybridized carbons (Fsp3) is 0.143. The van der Waals surface area contributed by atoms with Crippen LogP contribution in [0.25, 0.3) is 17.7 Å². The predicted octanol–water partition coefficient (Wildman–Crippen LogP) is 2.71. The van der Waals surface area contributed by atoms with Gasteiger partial charge < -0.3 is 35.6 Å². The second-order valence-corrected chi connectivity index (χ2v) is 9.73. The summed E-state index contributed by atoms with van der Waals surface area (Å²) < 4.78 is 19.2. The molecule has 0 aliphatic carbocycles. The van der Waals surface area contributed by atoms with Crippen molar-refractivity contribution in [3.63, 3.8) is 0 Å². The number of methoxy groups -OCH3 is 2. The molecule has 0 saturated heterocycles. The predicted molar refractivity (Wildman–Crippen MR) is 163 cm³/mol. The Bertz CT molecular complexity index is 1810. The van der Waals surface area contributed by atoms with Gasteiger partial charge >= 0.3 is 5.97 Å². The minimum absolute atomic E-state index is 0. The van der Waals surface area contributed by atoms with Crippen molar-refractivity contribution in [2.24, 2.45) is 0 Å². The van der Waals surface area contributed by atoms with Crippen LogP contribution in [-0.2, 0) is 11.3 Å². The molecule has 0 fully saturated rings. The number of fused-ring (bicyclic) bond motifs is 1. The first kappa shape index (κ1) is 31.9. The molecule has 0 bridgehead atoms. The van der Waals surface area contributed by atoms with E-state index in [1.165, 1.54) is 0 Å². The quantitative estimate of drug-likeness (QED) is 0.124. The normalized spacial score (nSPS) is 10.8. The molecule has 0 radical (unpaired) electrons. The molecule has 0 spiro atoms. The van der Waals surface area contributed by atoms with Crippen LogP contribution in [0.15, 0.2) is 97.5 Å². The molecule has 0 atom stereocenters. The molecule has 9 heteroatoms. The molecule has 5 rings (SSSR count). The number of nitrogens with zero attached hydrogens (tertiary/aromatic N) is 2. The number of aromatic nitrogens is 2. The molecule has 0 aliphatic heterocycles. The Labute approximate surface area is 265 Å². The van der Waals surface area contributed by atoms with Gasteiger partial charge in [0.1, 0.15) is 11.5 Å². The van der Waals surface area contributed by atoms with Crippen LogP contribution in [0.1, 0.15) is 54.8 Å². The first-order valence-electron chi connectivity index (χ1n) is 13.8. The Balaban J connectivity index is 0.00000442. The summed E-state index contributed by atoms with van der Waals surface area (Å²) in [6.07, 6.45) is 9.35.